The Morgan fingerprint density at radius 3 is 2.75 bits per heavy atom. The lowest BCUT2D eigenvalue weighted by atomic mass is 9.62. The van der Waals surface area contributed by atoms with Crippen LogP contribution in [0.25, 0.3) is 10.9 Å². The van der Waals surface area contributed by atoms with Crippen molar-refractivity contribution < 1.29 is 0 Å². The lowest BCUT2D eigenvalue weighted by Crippen LogP contribution is -2.51. The molecule has 120 valence electrons. The summed E-state index contributed by atoms with van der Waals surface area (Å²) in [5.74, 6) is 0. The summed E-state index contributed by atoms with van der Waals surface area (Å²) < 4.78 is 0. The summed E-state index contributed by atoms with van der Waals surface area (Å²) in [7, 11) is 0. The predicted molar refractivity (Wildman–Crippen MR) is 96.8 cm³/mol. The first kappa shape index (κ1) is 15.0. The maximum absolute atomic E-state index is 9.61. The highest BCUT2D eigenvalue weighted by molar-refractivity contribution is 5.79. The Labute approximate surface area is 142 Å². The topological polar surface area (TPSA) is 51.6 Å². The van der Waals surface area contributed by atoms with Gasteiger partial charge in [-0.1, -0.05) is 42.5 Å². The number of H-pyrrole nitrogens is 1. The van der Waals surface area contributed by atoms with Crippen LogP contribution in [0.3, 0.4) is 0 Å². The second-order valence-corrected chi connectivity index (χ2v) is 6.77. The molecule has 1 aliphatic rings. The Morgan fingerprint density at radius 2 is 1.96 bits per heavy atom. The third-order valence-corrected chi connectivity index (χ3v) is 5.20. The summed E-state index contributed by atoms with van der Waals surface area (Å²) in [5.41, 5.74) is 3.40. The summed E-state index contributed by atoms with van der Waals surface area (Å²) in [6.07, 6.45) is 4.80. The molecule has 0 atom stereocenters. The van der Waals surface area contributed by atoms with Crippen LogP contribution in [0.4, 0.5) is 0 Å². The number of nitrogens with one attached hydrogen (secondary N) is 2. The number of aromatic amines is 1. The minimum absolute atomic E-state index is 0.290. The number of benzene rings is 2. The zero-order valence-corrected chi connectivity index (χ0v) is 13.6. The quantitative estimate of drug-likeness (QED) is 0.749. The average molecular weight is 315 g/mol. The molecule has 0 aliphatic heterocycles. The Balaban J connectivity index is 1.31. The molecule has 1 fully saturated rings. The molecule has 0 amide bonds. The number of hydrogen-bond donors (Lipinski definition) is 2. The average Bonchev–Trinajstić information content (AvgIpc) is 3.05. The van der Waals surface area contributed by atoms with Gasteiger partial charge < -0.3 is 10.3 Å². The SMILES string of the molecule is N#CC1(c2ccccc2)CC(NCCc2ccc3cc[nH]c3c2)C1. The second kappa shape index (κ2) is 6.14. The lowest BCUT2D eigenvalue weighted by molar-refractivity contribution is 0.228. The van der Waals surface area contributed by atoms with E-state index in [1.165, 1.54) is 16.5 Å². The molecule has 2 N–H and O–H groups in total. The Morgan fingerprint density at radius 1 is 1.12 bits per heavy atom. The van der Waals surface area contributed by atoms with Crippen LogP contribution in [0, 0.1) is 11.3 Å². The molecule has 24 heavy (non-hydrogen) atoms. The van der Waals surface area contributed by atoms with Crippen molar-refractivity contribution in [2.75, 3.05) is 6.54 Å². The van der Waals surface area contributed by atoms with E-state index in [9.17, 15) is 5.26 Å². The highest BCUT2D eigenvalue weighted by Gasteiger charge is 2.45. The van der Waals surface area contributed by atoms with Gasteiger partial charge in [0.25, 0.3) is 0 Å². The lowest BCUT2D eigenvalue weighted by Gasteiger charge is -2.43. The van der Waals surface area contributed by atoms with Crippen LogP contribution < -0.4 is 5.32 Å². The molecule has 2 aromatic carbocycles. The van der Waals surface area contributed by atoms with Crippen LogP contribution in [-0.2, 0) is 11.8 Å². The number of nitrogens with zero attached hydrogens (tertiary/aromatic N) is 1. The van der Waals surface area contributed by atoms with E-state index in [1.807, 2.05) is 24.4 Å². The Bertz CT molecular complexity index is 867. The van der Waals surface area contributed by atoms with Crippen molar-refractivity contribution in [1.29, 1.82) is 5.26 Å². The van der Waals surface area contributed by atoms with Crippen molar-refractivity contribution in [2.45, 2.75) is 30.7 Å². The van der Waals surface area contributed by atoms with E-state index in [-0.39, 0.29) is 5.41 Å². The fourth-order valence-corrected chi connectivity index (χ4v) is 3.75. The summed E-state index contributed by atoms with van der Waals surface area (Å²) >= 11 is 0. The maximum Gasteiger partial charge on any atom is 0.0852 e. The maximum atomic E-state index is 9.61. The van der Waals surface area contributed by atoms with Gasteiger partial charge in [-0.15, -0.1) is 0 Å². The zero-order valence-electron chi connectivity index (χ0n) is 13.6. The molecule has 1 heterocycles. The number of fused-ring (bicyclic) bond motifs is 1. The van der Waals surface area contributed by atoms with Gasteiger partial charge in [0.1, 0.15) is 0 Å². The summed E-state index contributed by atoms with van der Waals surface area (Å²) in [4.78, 5) is 3.26. The standard InChI is InChI=1S/C21H21N3/c22-15-21(18-4-2-1-3-5-18)13-19(14-21)23-10-8-16-6-7-17-9-11-24-20(17)12-16/h1-7,9,11-12,19,23-24H,8,10,13-14H2. The molecule has 3 heteroatoms. The van der Waals surface area contributed by atoms with Crippen LogP contribution in [0.2, 0.25) is 0 Å². The smallest absolute Gasteiger partial charge is 0.0852 e. The number of aromatic nitrogens is 1. The van der Waals surface area contributed by atoms with Crippen LogP contribution in [0.1, 0.15) is 24.0 Å². The molecule has 1 aromatic heterocycles. The van der Waals surface area contributed by atoms with Crippen LogP contribution in [0.5, 0.6) is 0 Å². The van der Waals surface area contributed by atoms with Crippen LogP contribution >= 0.6 is 0 Å². The fraction of sp³-hybridized carbons (Fsp3) is 0.286. The van der Waals surface area contributed by atoms with E-state index in [1.54, 1.807) is 0 Å². The van der Waals surface area contributed by atoms with E-state index < -0.39 is 0 Å². The minimum atomic E-state index is -0.290. The highest BCUT2D eigenvalue weighted by atomic mass is 14.9. The summed E-state index contributed by atoms with van der Waals surface area (Å²) in [6.45, 7) is 0.952. The molecule has 1 aliphatic carbocycles. The van der Waals surface area contributed by atoms with Gasteiger partial charge in [0.2, 0.25) is 0 Å². The van der Waals surface area contributed by atoms with Gasteiger partial charge in [-0.3, -0.25) is 0 Å². The van der Waals surface area contributed by atoms with Gasteiger partial charge in [0.15, 0.2) is 0 Å². The first-order valence-corrected chi connectivity index (χ1v) is 8.55. The van der Waals surface area contributed by atoms with E-state index in [0.717, 1.165) is 31.4 Å². The molecule has 4 rings (SSSR count). The first-order valence-electron chi connectivity index (χ1n) is 8.55. The van der Waals surface area contributed by atoms with Gasteiger partial charge >= 0.3 is 0 Å². The fourth-order valence-electron chi connectivity index (χ4n) is 3.75. The second-order valence-electron chi connectivity index (χ2n) is 6.77. The molecule has 0 bridgehead atoms. The van der Waals surface area contributed by atoms with Crippen molar-refractivity contribution in [3.63, 3.8) is 0 Å². The van der Waals surface area contributed by atoms with E-state index >= 15 is 0 Å². The molecule has 3 nitrogen and oxygen atoms in total. The van der Waals surface area contributed by atoms with E-state index in [4.69, 9.17) is 0 Å². The van der Waals surface area contributed by atoms with Gasteiger partial charge in [-0.25, -0.2) is 0 Å². The third-order valence-electron chi connectivity index (χ3n) is 5.20. The zero-order chi connectivity index (χ0) is 16.4. The van der Waals surface area contributed by atoms with Gasteiger partial charge in [-0.05, 0) is 54.5 Å². The minimum Gasteiger partial charge on any atom is -0.361 e. The molecule has 0 unspecified atom stereocenters. The van der Waals surface area contributed by atoms with E-state index in [2.05, 4.69) is 52.8 Å². The van der Waals surface area contributed by atoms with Crippen molar-refractivity contribution in [3.05, 3.63) is 71.9 Å². The number of hydrogen-bond acceptors (Lipinski definition) is 2. The van der Waals surface area contributed by atoms with Crippen molar-refractivity contribution in [3.8, 4) is 6.07 Å². The van der Waals surface area contributed by atoms with Crippen LogP contribution in [0.15, 0.2) is 60.8 Å². The van der Waals surface area contributed by atoms with Crippen molar-refractivity contribution >= 4 is 10.9 Å². The molecule has 3 aromatic rings. The largest absolute Gasteiger partial charge is 0.361 e. The highest BCUT2D eigenvalue weighted by Crippen LogP contribution is 2.43. The normalized spacial score (nSPS) is 22.9. The molecule has 1 saturated carbocycles. The Kier molecular flexibility index (Phi) is 3.84. The van der Waals surface area contributed by atoms with Gasteiger partial charge in [0.05, 0.1) is 11.5 Å². The Hall–Kier alpha value is -2.57. The number of rotatable bonds is 5. The predicted octanol–water partition coefficient (Wildman–Crippen LogP) is 3.92. The molecule has 0 radical (unpaired) electrons. The van der Waals surface area contributed by atoms with Crippen molar-refractivity contribution in [2.24, 2.45) is 0 Å². The number of nitriles is 1. The molecular formula is C21H21N3. The monoisotopic (exact) mass is 315 g/mol. The van der Waals surface area contributed by atoms with Gasteiger partial charge in [0, 0.05) is 17.8 Å². The third kappa shape index (κ3) is 2.70. The molecule has 0 spiro atoms. The van der Waals surface area contributed by atoms with Crippen LogP contribution in [-0.4, -0.2) is 17.6 Å². The van der Waals surface area contributed by atoms with Gasteiger partial charge in [-0.2, -0.15) is 5.26 Å². The van der Waals surface area contributed by atoms with E-state index in [0.29, 0.717) is 6.04 Å². The molecular weight excluding hydrogens is 294 g/mol. The van der Waals surface area contributed by atoms with Crippen molar-refractivity contribution in [1.82, 2.24) is 10.3 Å². The first-order chi connectivity index (χ1) is 11.8. The summed E-state index contributed by atoms with van der Waals surface area (Å²) in [6, 6.07) is 21.9. The summed E-state index contributed by atoms with van der Waals surface area (Å²) in [5, 5.41) is 14.5. The molecule has 0 saturated heterocycles.